The van der Waals surface area contributed by atoms with Crippen LogP contribution in [0.5, 0.6) is 5.75 Å². The zero-order valence-electron chi connectivity index (χ0n) is 16.9. The second kappa shape index (κ2) is 9.23. The highest BCUT2D eigenvalue weighted by molar-refractivity contribution is 5.85. The summed E-state index contributed by atoms with van der Waals surface area (Å²) in [6.45, 7) is 5.19. The number of nitrogens with zero attached hydrogens (tertiary/aromatic N) is 6. The van der Waals surface area contributed by atoms with Crippen LogP contribution >= 0.6 is 12.4 Å². The molecule has 5 rings (SSSR count). The summed E-state index contributed by atoms with van der Waals surface area (Å²) in [5.74, 6) is 3.14. The molecule has 0 atom stereocenters. The molecule has 0 saturated carbocycles. The number of fused-ring (bicyclic) bond motifs is 1. The average molecular weight is 442 g/mol. The highest BCUT2D eigenvalue weighted by atomic mass is 35.5. The Morgan fingerprint density at radius 1 is 1.00 bits per heavy atom. The molecule has 0 bridgehead atoms. The molecule has 3 aromatic heterocycles. The largest absolute Gasteiger partial charge is 0.492 e. The van der Waals surface area contributed by atoms with Crippen LogP contribution in [0.15, 0.2) is 59.2 Å². The van der Waals surface area contributed by atoms with Crippen LogP contribution in [0.4, 0.5) is 11.8 Å². The first-order valence-corrected chi connectivity index (χ1v) is 9.98. The molecule has 1 aliphatic heterocycles. The van der Waals surface area contributed by atoms with Gasteiger partial charge in [0, 0.05) is 38.8 Å². The minimum atomic E-state index is 0. The Hall–Kier alpha value is -3.30. The van der Waals surface area contributed by atoms with E-state index in [2.05, 4.69) is 24.9 Å². The van der Waals surface area contributed by atoms with E-state index in [1.165, 1.54) is 0 Å². The van der Waals surface area contributed by atoms with Crippen LogP contribution in [0.2, 0.25) is 0 Å². The first-order chi connectivity index (χ1) is 14.8. The quantitative estimate of drug-likeness (QED) is 0.487. The number of rotatable bonds is 6. The summed E-state index contributed by atoms with van der Waals surface area (Å²) in [6, 6.07) is 15.5. The molecule has 9 nitrogen and oxygen atoms in total. The number of anilines is 2. The van der Waals surface area contributed by atoms with E-state index < -0.39 is 0 Å². The molecule has 4 heterocycles. The van der Waals surface area contributed by atoms with Gasteiger partial charge >= 0.3 is 0 Å². The summed E-state index contributed by atoms with van der Waals surface area (Å²) in [6.07, 6.45) is 1.60. The fourth-order valence-electron chi connectivity index (χ4n) is 3.58. The second-order valence-corrected chi connectivity index (χ2v) is 7.15. The van der Waals surface area contributed by atoms with E-state index in [4.69, 9.17) is 14.9 Å². The van der Waals surface area contributed by atoms with Crippen molar-refractivity contribution in [2.24, 2.45) is 0 Å². The number of para-hydroxylation sites is 1. The van der Waals surface area contributed by atoms with Crippen molar-refractivity contribution in [1.29, 1.82) is 0 Å². The third-order valence-electron chi connectivity index (χ3n) is 5.19. The highest BCUT2D eigenvalue weighted by Gasteiger charge is 2.20. The molecule has 1 aromatic carbocycles. The molecule has 10 heteroatoms. The van der Waals surface area contributed by atoms with Crippen molar-refractivity contribution < 1.29 is 9.15 Å². The third-order valence-corrected chi connectivity index (χ3v) is 5.19. The van der Waals surface area contributed by atoms with Crippen LogP contribution in [-0.4, -0.2) is 63.8 Å². The zero-order chi connectivity index (χ0) is 20.3. The molecular weight excluding hydrogens is 418 g/mol. The van der Waals surface area contributed by atoms with E-state index in [-0.39, 0.29) is 12.4 Å². The van der Waals surface area contributed by atoms with Crippen LogP contribution in [0.25, 0.3) is 17.2 Å². The van der Waals surface area contributed by atoms with Crippen molar-refractivity contribution in [2.75, 3.05) is 50.0 Å². The smallest absolute Gasteiger partial charge is 0.225 e. The number of halogens is 1. The lowest BCUT2D eigenvalue weighted by atomic mass is 10.3. The Bertz CT molecular complexity index is 1110. The van der Waals surface area contributed by atoms with Gasteiger partial charge in [0.05, 0.1) is 6.26 Å². The number of nitrogens with two attached hydrogens (primary N) is 1. The molecule has 1 fully saturated rings. The summed E-state index contributed by atoms with van der Waals surface area (Å²) >= 11 is 0. The maximum Gasteiger partial charge on any atom is 0.225 e. The SMILES string of the molecule is Cl.Nc1nc(N2CCN(CCOc3ccccc3)CC2)cc2nc(-c3ccco3)nn12. The van der Waals surface area contributed by atoms with Crippen LogP contribution in [0.1, 0.15) is 0 Å². The van der Waals surface area contributed by atoms with Gasteiger partial charge in [-0.15, -0.1) is 17.5 Å². The van der Waals surface area contributed by atoms with Crippen LogP contribution in [-0.2, 0) is 0 Å². The summed E-state index contributed by atoms with van der Waals surface area (Å²) in [5.41, 5.74) is 6.80. The van der Waals surface area contributed by atoms with Crippen molar-refractivity contribution in [3.05, 3.63) is 54.8 Å². The maximum atomic E-state index is 6.14. The number of furan rings is 1. The molecule has 0 radical (unpaired) electrons. The molecule has 1 saturated heterocycles. The molecule has 4 aromatic rings. The molecule has 0 unspecified atom stereocenters. The van der Waals surface area contributed by atoms with Crippen molar-refractivity contribution in [1.82, 2.24) is 24.5 Å². The standard InChI is InChI=1S/C21H23N7O2.ClH/c22-21-24-18(15-19-23-20(25-28(19)21)17-7-4-13-30-17)27-10-8-26(9-11-27)12-14-29-16-5-2-1-3-6-16;/h1-7,13,15H,8-12,14H2,(H2,22,24);1H. The number of piperazine rings is 1. The Kier molecular flexibility index (Phi) is 6.24. The Labute approximate surface area is 185 Å². The van der Waals surface area contributed by atoms with Crippen LogP contribution in [0, 0.1) is 0 Å². The van der Waals surface area contributed by atoms with E-state index >= 15 is 0 Å². The maximum absolute atomic E-state index is 6.14. The summed E-state index contributed by atoms with van der Waals surface area (Å²) in [5, 5.41) is 4.40. The summed E-state index contributed by atoms with van der Waals surface area (Å²) < 4.78 is 12.7. The number of nitrogen functional groups attached to an aromatic ring is 1. The van der Waals surface area contributed by atoms with Gasteiger partial charge in [0.1, 0.15) is 18.2 Å². The Morgan fingerprint density at radius 3 is 2.55 bits per heavy atom. The summed E-state index contributed by atoms with van der Waals surface area (Å²) in [4.78, 5) is 13.7. The average Bonchev–Trinajstić information content (AvgIpc) is 3.45. The predicted octanol–water partition coefficient (Wildman–Crippen LogP) is 2.59. The minimum absolute atomic E-state index is 0. The molecular formula is C21H24ClN7O2. The van der Waals surface area contributed by atoms with Crippen molar-refractivity contribution >= 4 is 29.8 Å². The molecule has 162 valence electrons. The van der Waals surface area contributed by atoms with Gasteiger partial charge in [-0.3, -0.25) is 4.90 Å². The fraction of sp³-hybridized carbons (Fsp3) is 0.286. The molecule has 0 spiro atoms. The third kappa shape index (κ3) is 4.57. The van der Waals surface area contributed by atoms with Crippen LogP contribution in [0.3, 0.4) is 0 Å². The van der Waals surface area contributed by atoms with Gasteiger partial charge in [0.25, 0.3) is 0 Å². The molecule has 31 heavy (non-hydrogen) atoms. The van der Waals surface area contributed by atoms with Gasteiger partial charge in [-0.05, 0) is 24.3 Å². The molecule has 2 N–H and O–H groups in total. The first kappa shape index (κ1) is 21.0. The Balaban J connectivity index is 0.00000231. The molecule has 1 aliphatic rings. The van der Waals surface area contributed by atoms with E-state index in [1.807, 2.05) is 42.5 Å². The topological polar surface area (TPSA) is 98.0 Å². The van der Waals surface area contributed by atoms with Gasteiger partial charge in [-0.1, -0.05) is 18.2 Å². The Morgan fingerprint density at radius 2 is 1.81 bits per heavy atom. The van der Waals surface area contributed by atoms with Crippen molar-refractivity contribution in [3.8, 4) is 17.3 Å². The van der Waals surface area contributed by atoms with Crippen molar-refractivity contribution in [3.63, 3.8) is 0 Å². The molecule has 0 amide bonds. The number of hydrogen-bond acceptors (Lipinski definition) is 8. The van der Waals surface area contributed by atoms with Gasteiger partial charge in [-0.25, -0.2) is 4.98 Å². The van der Waals surface area contributed by atoms with Gasteiger partial charge in [-0.2, -0.15) is 9.50 Å². The van der Waals surface area contributed by atoms with Gasteiger partial charge in [0.15, 0.2) is 11.4 Å². The van der Waals surface area contributed by atoms with Crippen molar-refractivity contribution in [2.45, 2.75) is 0 Å². The first-order valence-electron chi connectivity index (χ1n) is 9.98. The number of aromatic nitrogens is 4. The van der Waals surface area contributed by atoms with Gasteiger partial charge in [0.2, 0.25) is 11.8 Å². The van der Waals surface area contributed by atoms with E-state index in [0.29, 0.717) is 29.8 Å². The van der Waals surface area contributed by atoms with E-state index in [9.17, 15) is 0 Å². The highest BCUT2D eigenvalue weighted by Crippen LogP contribution is 2.22. The van der Waals surface area contributed by atoms with Crippen LogP contribution < -0.4 is 15.4 Å². The number of benzene rings is 1. The predicted molar refractivity (Wildman–Crippen MR) is 121 cm³/mol. The lowest BCUT2D eigenvalue weighted by Gasteiger charge is -2.35. The fourth-order valence-corrected chi connectivity index (χ4v) is 3.58. The summed E-state index contributed by atoms with van der Waals surface area (Å²) in [7, 11) is 0. The normalized spacial score (nSPS) is 14.5. The second-order valence-electron chi connectivity index (χ2n) is 7.15. The van der Waals surface area contributed by atoms with E-state index in [0.717, 1.165) is 44.3 Å². The number of hydrogen-bond donors (Lipinski definition) is 1. The zero-order valence-corrected chi connectivity index (χ0v) is 17.7. The minimum Gasteiger partial charge on any atom is -0.492 e. The number of ether oxygens (including phenoxy) is 1. The van der Waals surface area contributed by atoms with Gasteiger partial charge < -0.3 is 19.8 Å². The molecule has 0 aliphatic carbocycles. The lowest BCUT2D eigenvalue weighted by molar-refractivity contribution is 0.200. The lowest BCUT2D eigenvalue weighted by Crippen LogP contribution is -2.47. The monoisotopic (exact) mass is 441 g/mol. The van der Waals surface area contributed by atoms with E-state index in [1.54, 1.807) is 16.8 Å².